The van der Waals surface area contributed by atoms with Crippen LogP contribution >= 0.6 is 11.6 Å². The molecular weight excluding hydrogens is 368 g/mol. The molecule has 3 aromatic rings. The van der Waals surface area contributed by atoms with Gasteiger partial charge in [0, 0.05) is 12.0 Å². The molecule has 8 heteroatoms. The fourth-order valence-corrected chi connectivity index (χ4v) is 3.10. The summed E-state index contributed by atoms with van der Waals surface area (Å²) < 4.78 is 12.2. The summed E-state index contributed by atoms with van der Waals surface area (Å²) in [6, 6.07) is 10.8. The molecule has 7 nitrogen and oxygen atoms in total. The third-order valence-corrected chi connectivity index (χ3v) is 4.48. The maximum Gasteiger partial charge on any atom is 0.337 e. The second-order valence-corrected chi connectivity index (χ2v) is 6.25. The lowest BCUT2D eigenvalue weighted by molar-refractivity contribution is 0.0600. The maximum atomic E-state index is 11.8. The number of ether oxygens (including phenoxy) is 2. The van der Waals surface area contributed by atoms with Crippen molar-refractivity contribution in [3.63, 3.8) is 0 Å². The van der Waals surface area contributed by atoms with Crippen LogP contribution in [0.25, 0.3) is 5.65 Å². The number of aromatic nitrogens is 4. The van der Waals surface area contributed by atoms with E-state index in [9.17, 15) is 4.79 Å². The Morgan fingerprint density at radius 2 is 2.15 bits per heavy atom. The van der Waals surface area contributed by atoms with Crippen LogP contribution in [0.2, 0.25) is 5.28 Å². The van der Waals surface area contributed by atoms with Crippen molar-refractivity contribution in [3.05, 3.63) is 76.8 Å². The number of carbonyl (C=O) groups excluding carboxylic acids is 1. The number of fused-ring (bicyclic) bond motifs is 1. The van der Waals surface area contributed by atoms with Crippen LogP contribution in [0.5, 0.6) is 5.88 Å². The van der Waals surface area contributed by atoms with E-state index in [-0.39, 0.29) is 17.2 Å². The third kappa shape index (κ3) is 3.41. The van der Waals surface area contributed by atoms with Crippen molar-refractivity contribution in [1.29, 1.82) is 0 Å². The highest BCUT2D eigenvalue weighted by atomic mass is 35.5. The summed E-state index contributed by atoms with van der Waals surface area (Å²) in [4.78, 5) is 11.8. The number of methoxy groups -OCH3 is 1. The van der Waals surface area contributed by atoms with Crippen molar-refractivity contribution in [3.8, 4) is 5.88 Å². The first-order valence-corrected chi connectivity index (χ1v) is 8.64. The Kier molecular flexibility index (Phi) is 4.60. The van der Waals surface area contributed by atoms with Crippen LogP contribution in [0.1, 0.15) is 28.3 Å². The third-order valence-electron chi connectivity index (χ3n) is 4.24. The Hall–Kier alpha value is -3.19. The summed E-state index contributed by atoms with van der Waals surface area (Å²) in [6.07, 6.45) is 6.61. The SMILES string of the molecule is COC(=O)c1cccc(C2CC=CC=C2Oc2ccc3nnc(Cl)n3n2)c1. The van der Waals surface area contributed by atoms with Gasteiger partial charge in [-0.3, -0.25) is 0 Å². The zero-order valence-corrected chi connectivity index (χ0v) is 15.1. The number of hydrogen-bond donors (Lipinski definition) is 0. The lowest BCUT2D eigenvalue weighted by atomic mass is 9.89. The van der Waals surface area contributed by atoms with Gasteiger partial charge in [-0.2, -0.15) is 4.52 Å². The van der Waals surface area contributed by atoms with Crippen molar-refractivity contribution in [2.45, 2.75) is 12.3 Å². The fourth-order valence-electron chi connectivity index (χ4n) is 2.94. The first-order valence-electron chi connectivity index (χ1n) is 8.26. The highest BCUT2D eigenvalue weighted by Crippen LogP contribution is 2.33. The van der Waals surface area contributed by atoms with Gasteiger partial charge in [0.25, 0.3) is 0 Å². The molecule has 136 valence electrons. The molecule has 0 amide bonds. The molecule has 0 fully saturated rings. The number of rotatable bonds is 4. The van der Waals surface area contributed by atoms with Gasteiger partial charge >= 0.3 is 5.97 Å². The lowest BCUT2D eigenvalue weighted by Gasteiger charge is -2.22. The number of halogens is 1. The van der Waals surface area contributed by atoms with Crippen LogP contribution in [-0.2, 0) is 4.74 Å². The van der Waals surface area contributed by atoms with Gasteiger partial charge in [0.2, 0.25) is 11.2 Å². The van der Waals surface area contributed by atoms with Crippen LogP contribution in [0, 0.1) is 0 Å². The van der Waals surface area contributed by atoms with Gasteiger partial charge in [-0.1, -0.05) is 24.3 Å². The van der Waals surface area contributed by atoms with Crippen LogP contribution in [0.3, 0.4) is 0 Å². The Bertz CT molecular complexity index is 1070. The number of nitrogens with zero attached hydrogens (tertiary/aromatic N) is 4. The molecule has 1 aliphatic rings. The number of hydrogen-bond acceptors (Lipinski definition) is 6. The molecule has 2 heterocycles. The van der Waals surface area contributed by atoms with E-state index in [4.69, 9.17) is 21.1 Å². The Morgan fingerprint density at radius 1 is 1.26 bits per heavy atom. The highest BCUT2D eigenvalue weighted by molar-refractivity contribution is 6.28. The lowest BCUT2D eigenvalue weighted by Crippen LogP contribution is -2.12. The van der Waals surface area contributed by atoms with E-state index < -0.39 is 0 Å². The second-order valence-electron chi connectivity index (χ2n) is 5.92. The van der Waals surface area contributed by atoms with E-state index in [2.05, 4.69) is 21.4 Å². The van der Waals surface area contributed by atoms with E-state index in [0.29, 0.717) is 17.1 Å². The molecule has 0 radical (unpaired) electrons. The summed E-state index contributed by atoms with van der Waals surface area (Å²) in [6.45, 7) is 0. The topological polar surface area (TPSA) is 78.6 Å². The van der Waals surface area contributed by atoms with Crippen LogP contribution < -0.4 is 4.74 Å². The Morgan fingerprint density at radius 3 is 3.00 bits per heavy atom. The minimum atomic E-state index is -0.371. The van der Waals surface area contributed by atoms with Gasteiger partial charge in [0.1, 0.15) is 5.76 Å². The number of benzene rings is 1. The quantitative estimate of drug-likeness (QED) is 0.642. The molecule has 0 bridgehead atoms. The van der Waals surface area contributed by atoms with E-state index in [0.717, 1.165) is 17.7 Å². The largest absolute Gasteiger partial charge is 0.465 e. The molecule has 4 rings (SSSR count). The molecule has 0 saturated carbocycles. The predicted octanol–water partition coefficient (Wildman–Crippen LogP) is 3.57. The van der Waals surface area contributed by atoms with Crippen molar-refractivity contribution in [2.24, 2.45) is 0 Å². The Labute approximate surface area is 159 Å². The maximum absolute atomic E-state index is 11.8. The van der Waals surface area contributed by atoms with Gasteiger partial charge in [-0.15, -0.1) is 15.3 Å². The molecule has 2 aromatic heterocycles. The molecule has 1 atom stereocenters. The Balaban J connectivity index is 1.64. The molecule has 27 heavy (non-hydrogen) atoms. The summed E-state index contributed by atoms with van der Waals surface area (Å²) in [5, 5.41) is 12.1. The van der Waals surface area contributed by atoms with Crippen molar-refractivity contribution in [1.82, 2.24) is 19.8 Å². The van der Waals surface area contributed by atoms with E-state index in [1.807, 2.05) is 30.4 Å². The molecule has 1 aliphatic carbocycles. The van der Waals surface area contributed by atoms with Crippen LogP contribution in [-0.4, -0.2) is 32.9 Å². The van der Waals surface area contributed by atoms with Gasteiger partial charge in [0.15, 0.2) is 5.65 Å². The minimum absolute atomic E-state index is 0.0477. The van der Waals surface area contributed by atoms with E-state index >= 15 is 0 Å². The van der Waals surface area contributed by atoms with Gasteiger partial charge in [-0.05, 0) is 47.9 Å². The molecule has 0 aliphatic heterocycles. The number of carbonyl (C=O) groups is 1. The normalized spacial score (nSPS) is 16.2. The molecule has 0 spiro atoms. The van der Waals surface area contributed by atoms with Gasteiger partial charge < -0.3 is 9.47 Å². The number of esters is 1. The monoisotopic (exact) mass is 382 g/mol. The number of allylic oxidation sites excluding steroid dienone is 4. The standard InChI is InChI=1S/C19H15ClN4O3/c1-26-18(25)13-6-4-5-12(11-13)14-7-2-3-8-15(14)27-17-10-9-16-21-22-19(20)24(16)23-17/h2-6,8-11,14H,7H2,1H3. The zero-order valence-electron chi connectivity index (χ0n) is 14.4. The fraction of sp³-hybridized carbons (Fsp3) is 0.158. The van der Waals surface area contributed by atoms with Crippen molar-refractivity contribution >= 4 is 23.2 Å². The molecule has 1 unspecified atom stereocenters. The first-order chi connectivity index (χ1) is 13.2. The summed E-state index contributed by atoms with van der Waals surface area (Å²) >= 11 is 5.97. The van der Waals surface area contributed by atoms with E-state index in [1.165, 1.54) is 11.6 Å². The molecule has 0 N–H and O–H groups in total. The van der Waals surface area contributed by atoms with Crippen LogP contribution in [0.15, 0.2) is 60.4 Å². The van der Waals surface area contributed by atoms with Crippen molar-refractivity contribution in [2.75, 3.05) is 7.11 Å². The molecular formula is C19H15ClN4O3. The minimum Gasteiger partial charge on any atom is -0.465 e. The zero-order chi connectivity index (χ0) is 18.8. The van der Waals surface area contributed by atoms with Gasteiger partial charge in [0.05, 0.1) is 12.7 Å². The summed E-state index contributed by atoms with van der Waals surface area (Å²) in [7, 11) is 1.37. The predicted molar refractivity (Wildman–Crippen MR) is 98.8 cm³/mol. The van der Waals surface area contributed by atoms with Gasteiger partial charge in [-0.25, -0.2) is 4.79 Å². The average Bonchev–Trinajstić information content (AvgIpc) is 3.08. The first kappa shape index (κ1) is 17.2. The summed E-state index contributed by atoms with van der Waals surface area (Å²) in [5.74, 6) is 0.674. The second kappa shape index (κ2) is 7.20. The average molecular weight is 383 g/mol. The highest BCUT2D eigenvalue weighted by Gasteiger charge is 2.22. The molecule has 1 aromatic carbocycles. The van der Waals surface area contributed by atoms with Crippen LogP contribution in [0.4, 0.5) is 0 Å². The van der Waals surface area contributed by atoms with Crippen molar-refractivity contribution < 1.29 is 14.3 Å². The summed E-state index contributed by atoms with van der Waals surface area (Å²) in [5.41, 5.74) is 1.99. The smallest absolute Gasteiger partial charge is 0.337 e. The molecule has 0 saturated heterocycles. The van der Waals surface area contributed by atoms with E-state index in [1.54, 1.807) is 18.2 Å².